The van der Waals surface area contributed by atoms with E-state index >= 15 is 0 Å². The van der Waals surface area contributed by atoms with Gasteiger partial charge in [-0.2, -0.15) is 0 Å². The highest BCUT2D eigenvalue weighted by atomic mass is 31.2. The van der Waals surface area contributed by atoms with Gasteiger partial charge in [0.25, 0.3) is 0 Å². The summed E-state index contributed by atoms with van der Waals surface area (Å²) in [5.74, 6) is 5.94. The molecule has 0 aliphatic rings. The lowest BCUT2D eigenvalue weighted by atomic mass is 10.2. The van der Waals surface area contributed by atoms with Gasteiger partial charge >= 0.3 is 0 Å². The fraction of sp³-hybridized carbons (Fsp3) is 0.158. The van der Waals surface area contributed by atoms with Crippen LogP contribution >= 0.6 is 7.37 Å². The number of rotatable bonds is 4. The number of hydrogen-bond donors (Lipinski definition) is 1. The third kappa shape index (κ3) is 3.77. The summed E-state index contributed by atoms with van der Waals surface area (Å²) in [4.78, 5) is 21.4. The predicted molar refractivity (Wildman–Crippen MR) is 101 cm³/mol. The molecule has 0 amide bonds. The average Bonchev–Trinajstić information content (AvgIpc) is 2.64. The Bertz CT molecular complexity index is 1030. The highest BCUT2D eigenvalue weighted by Gasteiger charge is 2.13. The second-order valence-corrected chi connectivity index (χ2v) is 8.21. The Morgan fingerprint density at radius 1 is 1.08 bits per heavy atom. The van der Waals surface area contributed by atoms with Crippen molar-refractivity contribution in [2.45, 2.75) is 20.4 Å². The number of nitrogens with two attached hydrogens (primary N) is 1. The Balaban J connectivity index is 1.85. The molecule has 0 bridgehead atoms. The molecule has 3 rings (SSSR count). The van der Waals surface area contributed by atoms with Crippen LogP contribution in [0.5, 0.6) is 0 Å². The fourth-order valence-electron chi connectivity index (χ4n) is 2.62. The molecule has 0 fully saturated rings. The summed E-state index contributed by atoms with van der Waals surface area (Å²) in [6.07, 6.45) is 0. The van der Waals surface area contributed by atoms with Crippen LogP contribution < -0.4 is 27.0 Å². The van der Waals surface area contributed by atoms with E-state index < -0.39 is 7.37 Å². The third-order valence-electron chi connectivity index (χ3n) is 4.07. The Hall–Kier alpha value is -2.69. The standard InChI is InChI=1S/C19H21N4O2P/c1-14-12-15(2)23(20)19(22-14)21-13-16-8-10-18(11-9-16)26(24,25)17-6-4-3-5-7-17/h3-12H,13,20H2,1-2H3,(H,24,25)/p-1. The van der Waals surface area contributed by atoms with Crippen molar-refractivity contribution in [3.05, 3.63) is 83.2 Å². The Morgan fingerprint density at radius 2 is 1.69 bits per heavy atom. The van der Waals surface area contributed by atoms with Crippen LogP contribution in [0.15, 0.2) is 65.7 Å². The van der Waals surface area contributed by atoms with E-state index in [-0.39, 0.29) is 5.30 Å². The van der Waals surface area contributed by atoms with Crippen molar-refractivity contribution in [3.8, 4) is 0 Å². The minimum atomic E-state index is -3.83. The summed E-state index contributed by atoms with van der Waals surface area (Å²) in [6.45, 7) is 4.13. The largest absolute Gasteiger partial charge is 0.793 e. The first-order chi connectivity index (χ1) is 12.4. The summed E-state index contributed by atoms with van der Waals surface area (Å²) in [6, 6.07) is 17.0. The normalized spacial score (nSPS) is 14.2. The molecule has 6 nitrogen and oxygen atoms in total. The van der Waals surface area contributed by atoms with Crippen molar-refractivity contribution in [3.63, 3.8) is 0 Å². The maximum absolute atomic E-state index is 12.6. The van der Waals surface area contributed by atoms with Gasteiger partial charge in [0.1, 0.15) is 0 Å². The maximum Gasteiger partial charge on any atom is 0.244 e. The zero-order valence-electron chi connectivity index (χ0n) is 14.7. The molecule has 7 heteroatoms. The van der Waals surface area contributed by atoms with Gasteiger partial charge in [0.15, 0.2) is 0 Å². The fourth-order valence-corrected chi connectivity index (χ4v) is 4.02. The van der Waals surface area contributed by atoms with E-state index in [9.17, 15) is 9.46 Å². The molecule has 0 aliphatic heterocycles. The highest BCUT2D eigenvalue weighted by Crippen LogP contribution is 2.32. The molecule has 0 radical (unpaired) electrons. The summed E-state index contributed by atoms with van der Waals surface area (Å²) in [5, 5.41) is 0.590. The van der Waals surface area contributed by atoms with Crippen molar-refractivity contribution in [1.29, 1.82) is 0 Å². The van der Waals surface area contributed by atoms with Crippen LogP contribution in [0.2, 0.25) is 0 Å². The third-order valence-corrected chi connectivity index (χ3v) is 6.02. The zero-order valence-corrected chi connectivity index (χ0v) is 15.6. The summed E-state index contributed by atoms with van der Waals surface area (Å²) in [7, 11) is -3.83. The molecule has 3 aromatic rings. The molecular weight excluding hydrogens is 347 g/mol. The molecule has 1 aromatic heterocycles. The average molecular weight is 367 g/mol. The molecule has 2 aromatic carbocycles. The molecule has 0 saturated heterocycles. The second kappa shape index (κ2) is 7.28. The van der Waals surface area contributed by atoms with Crippen LogP contribution in [0.1, 0.15) is 17.0 Å². The van der Waals surface area contributed by atoms with E-state index in [1.807, 2.05) is 19.9 Å². The molecule has 134 valence electrons. The van der Waals surface area contributed by atoms with Crippen LogP contribution in [0.3, 0.4) is 0 Å². The van der Waals surface area contributed by atoms with Gasteiger partial charge in [-0.15, -0.1) is 0 Å². The van der Waals surface area contributed by atoms with Gasteiger partial charge in [-0.05, 0) is 25.5 Å². The van der Waals surface area contributed by atoms with Gasteiger partial charge in [0.05, 0.1) is 13.9 Å². The molecule has 0 aliphatic carbocycles. The summed E-state index contributed by atoms with van der Waals surface area (Å²) >= 11 is 0. The smallest absolute Gasteiger partial charge is 0.244 e. The number of hydrogen-bond acceptors (Lipinski definition) is 5. The lowest BCUT2D eigenvalue weighted by Crippen LogP contribution is -2.33. The van der Waals surface area contributed by atoms with E-state index in [2.05, 4.69) is 9.98 Å². The number of nitrogen functional groups attached to an aromatic ring is 1. The first-order valence-corrected chi connectivity index (χ1v) is 9.79. The van der Waals surface area contributed by atoms with Gasteiger partial charge in [-0.1, -0.05) is 54.6 Å². The van der Waals surface area contributed by atoms with Crippen LogP contribution in [0, 0.1) is 13.8 Å². The molecule has 0 saturated carbocycles. The number of benzene rings is 2. The minimum absolute atomic E-state index is 0.283. The molecule has 1 unspecified atom stereocenters. The number of aromatic nitrogens is 2. The van der Waals surface area contributed by atoms with Crippen LogP contribution in [-0.2, 0) is 11.1 Å². The number of aryl methyl sites for hydroxylation is 2. The molecule has 0 spiro atoms. The van der Waals surface area contributed by atoms with Gasteiger partial charge in [-0.25, -0.2) is 14.7 Å². The van der Waals surface area contributed by atoms with Crippen molar-refractivity contribution in [1.82, 2.24) is 9.66 Å². The Labute approximate surface area is 152 Å². The zero-order chi connectivity index (χ0) is 18.7. The monoisotopic (exact) mass is 367 g/mol. The van der Waals surface area contributed by atoms with E-state index in [0.717, 1.165) is 17.0 Å². The predicted octanol–water partition coefficient (Wildman–Crippen LogP) is 0.904. The maximum atomic E-state index is 12.6. The molecule has 26 heavy (non-hydrogen) atoms. The van der Waals surface area contributed by atoms with Crippen molar-refractivity contribution < 1.29 is 9.46 Å². The lowest BCUT2D eigenvalue weighted by molar-refractivity contribution is -0.167. The number of nitrogens with zero attached hydrogens (tertiary/aromatic N) is 3. The van der Waals surface area contributed by atoms with E-state index in [4.69, 9.17) is 5.84 Å². The van der Waals surface area contributed by atoms with E-state index in [0.29, 0.717) is 17.5 Å². The SMILES string of the molecule is Cc1cc(C)n(N)c(=NCc2ccc(P(=O)([O-])c3ccccc3)cc2)n1. The van der Waals surface area contributed by atoms with Gasteiger partial charge in [0, 0.05) is 22.0 Å². The summed E-state index contributed by atoms with van der Waals surface area (Å²) < 4.78 is 14.1. The van der Waals surface area contributed by atoms with E-state index in [1.165, 1.54) is 4.68 Å². The van der Waals surface area contributed by atoms with Crippen molar-refractivity contribution >= 4 is 18.0 Å². The molecular formula is C19H20N4O2P-. The molecule has 2 N–H and O–H groups in total. The summed E-state index contributed by atoms with van der Waals surface area (Å²) in [5.41, 5.74) is 3.02. The first-order valence-electron chi connectivity index (χ1n) is 8.17. The minimum Gasteiger partial charge on any atom is -0.793 e. The van der Waals surface area contributed by atoms with Crippen LogP contribution in [0.25, 0.3) is 0 Å². The Kier molecular flexibility index (Phi) is 5.07. The first kappa shape index (κ1) is 18.1. The van der Waals surface area contributed by atoms with Crippen LogP contribution in [0.4, 0.5) is 0 Å². The van der Waals surface area contributed by atoms with Gasteiger partial charge < -0.3 is 15.3 Å². The topological polar surface area (TPSA) is 96.3 Å². The van der Waals surface area contributed by atoms with Crippen molar-refractivity contribution in [2.24, 2.45) is 4.99 Å². The highest BCUT2D eigenvalue weighted by molar-refractivity contribution is 7.72. The second-order valence-electron chi connectivity index (χ2n) is 6.08. The molecule has 1 heterocycles. The van der Waals surface area contributed by atoms with Gasteiger partial charge in [0.2, 0.25) is 5.62 Å². The Morgan fingerprint density at radius 3 is 2.35 bits per heavy atom. The van der Waals surface area contributed by atoms with Gasteiger partial charge in [-0.3, -0.25) is 0 Å². The van der Waals surface area contributed by atoms with E-state index in [1.54, 1.807) is 54.6 Å². The quantitative estimate of drug-likeness (QED) is 0.547. The lowest BCUT2D eigenvalue weighted by Gasteiger charge is -2.24. The molecule has 1 atom stereocenters. The van der Waals surface area contributed by atoms with Crippen LogP contribution in [-0.4, -0.2) is 9.66 Å². The van der Waals surface area contributed by atoms with Crippen molar-refractivity contribution in [2.75, 3.05) is 5.84 Å².